The molecule has 1 atom stereocenters. The molecule has 0 radical (unpaired) electrons. The average Bonchev–Trinajstić information content (AvgIpc) is 2.34. The van der Waals surface area contributed by atoms with Gasteiger partial charge in [-0.2, -0.15) is 0 Å². The SMILES string of the molecule is [H-].[Li+].[SiH3]C1C=CC2=C1CCCC2. The van der Waals surface area contributed by atoms with Crippen LogP contribution in [-0.2, 0) is 0 Å². The number of hydrogen-bond donors (Lipinski definition) is 0. The van der Waals surface area contributed by atoms with Gasteiger partial charge in [0.25, 0.3) is 0 Å². The van der Waals surface area contributed by atoms with Gasteiger partial charge in [0.05, 0.1) is 0 Å². The second-order valence-corrected chi connectivity index (χ2v) is 4.65. The minimum atomic E-state index is 0. The first kappa shape index (κ1) is 9.38. The van der Waals surface area contributed by atoms with E-state index < -0.39 is 0 Å². The molecule has 0 saturated heterocycles. The van der Waals surface area contributed by atoms with Gasteiger partial charge in [0, 0.05) is 10.2 Å². The van der Waals surface area contributed by atoms with E-state index in [1.165, 1.54) is 35.9 Å². The second-order valence-electron chi connectivity index (χ2n) is 3.41. The molecule has 2 rings (SSSR count). The molecule has 0 nitrogen and oxygen atoms in total. The molecule has 1 unspecified atom stereocenters. The van der Waals surface area contributed by atoms with Gasteiger partial charge in [-0.25, -0.2) is 0 Å². The van der Waals surface area contributed by atoms with E-state index in [2.05, 4.69) is 12.2 Å². The van der Waals surface area contributed by atoms with E-state index in [1.54, 1.807) is 11.1 Å². The zero-order valence-electron chi connectivity index (χ0n) is 8.56. The fourth-order valence-electron chi connectivity index (χ4n) is 2.04. The van der Waals surface area contributed by atoms with Crippen molar-refractivity contribution in [2.75, 3.05) is 0 Å². The molecular formula is C9H15LiSi. The molecule has 56 valence electrons. The maximum absolute atomic E-state index is 2.40. The van der Waals surface area contributed by atoms with Crippen molar-refractivity contribution in [2.45, 2.75) is 31.2 Å². The first-order chi connectivity index (χ1) is 4.88. The molecule has 0 amide bonds. The topological polar surface area (TPSA) is 0 Å². The third kappa shape index (κ3) is 1.72. The fraction of sp³-hybridized carbons (Fsp3) is 0.556. The Morgan fingerprint density at radius 1 is 1.36 bits per heavy atom. The van der Waals surface area contributed by atoms with Crippen molar-refractivity contribution in [2.24, 2.45) is 0 Å². The van der Waals surface area contributed by atoms with Crippen molar-refractivity contribution in [1.82, 2.24) is 0 Å². The van der Waals surface area contributed by atoms with E-state index in [1.807, 2.05) is 0 Å². The molecule has 0 spiro atoms. The standard InChI is InChI=1S/C9H14Si.Li.H/c10-9-6-5-7-3-1-2-4-8(7)9;;/h5-6,9H,1-4H2,10H3;;/q;+1;-1. The normalized spacial score (nSPS) is 28.5. The van der Waals surface area contributed by atoms with Gasteiger partial charge in [0.1, 0.15) is 0 Å². The van der Waals surface area contributed by atoms with E-state index >= 15 is 0 Å². The Balaban J connectivity index is 0.000000605. The molecule has 0 saturated carbocycles. The van der Waals surface area contributed by atoms with Crippen LogP contribution < -0.4 is 18.9 Å². The summed E-state index contributed by atoms with van der Waals surface area (Å²) in [7, 11) is 1.33. The maximum Gasteiger partial charge on any atom is 1.00 e. The number of rotatable bonds is 0. The first-order valence-electron chi connectivity index (χ1n) is 4.28. The Bertz CT molecular complexity index is 211. The smallest absolute Gasteiger partial charge is 1.00 e. The second kappa shape index (κ2) is 3.80. The summed E-state index contributed by atoms with van der Waals surface area (Å²) < 4.78 is 0. The summed E-state index contributed by atoms with van der Waals surface area (Å²) in [5.41, 5.74) is 4.37. The van der Waals surface area contributed by atoms with Crippen LogP contribution in [0, 0.1) is 0 Å². The molecule has 0 N–H and O–H groups in total. The van der Waals surface area contributed by atoms with Gasteiger partial charge in [-0.3, -0.25) is 0 Å². The minimum absolute atomic E-state index is 0. The van der Waals surface area contributed by atoms with Crippen LogP contribution in [0.5, 0.6) is 0 Å². The Morgan fingerprint density at radius 2 is 2.09 bits per heavy atom. The molecular weight excluding hydrogens is 143 g/mol. The monoisotopic (exact) mass is 158 g/mol. The van der Waals surface area contributed by atoms with Crippen LogP contribution in [0.4, 0.5) is 0 Å². The van der Waals surface area contributed by atoms with Crippen LogP contribution in [0.2, 0.25) is 5.54 Å². The molecule has 0 heterocycles. The van der Waals surface area contributed by atoms with E-state index in [4.69, 9.17) is 0 Å². The first-order valence-corrected chi connectivity index (χ1v) is 5.43. The Labute approximate surface area is 85.2 Å². The molecule has 0 aliphatic heterocycles. The van der Waals surface area contributed by atoms with Crippen molar-refractivity contribution in [1.29, 1.82) is 0 Å². The Hall–Kier alpha value is 0.294. The zero-order valence-corrected chi connectivity index (χ0v) is 9.56. The number of allylic oxidation sites excluding steroid dienone is 4. The molecule has 0 bridgehead atoms. The summed E-state index contributed by atoms with van der Waals surface area (Å²) in [5.74, 6) is 0. The van der Waals surface area contributed by atoms with Crippen molar-refractivity contribution in [3.8, 4) is 0 Å². The summed E-state index contributed by atoms with van der Waals surface area (Å²) in [5, 5.41) is 0. The summed E-state index contributed by atoms with van der Waals surface area (Å²) in [6, 6.07) is 0. The minimum Gasteiger partial charge on any atom is -1.00 e. The Morgan fingerprint density at radius 3 is 2.82 bits per heavy atom. The van der Waals surface area contributed by atoms with Crippen LogP contribution in [-0.4, -0.2) is 10.2 Å². The van der Waals surface area contributed by atoms with Gasteiger partial charge in [-0.1, -0.05) is 17.7 Å². The van der Waals surface area contributed by atoms with Crippen LogP contribution in [0.25, 0.3) is 0 Å². The van der Waals surface area contributed by atoms with Gasteiger partial charge in [-0.15, -0.1) is 0 Å². The van der Waals surface area contributed by atoms with Crippen LogP contribution >= 0.6 is 0 Å². The maximum atomic E-state index is 2.40. The predicted molar refractivity (Wildman–Crippen MR) is 49.4 cm³/mol. The van der Waals surface area contributed by atoms with Crippen molar-refractivity contribution in [3.63, 3.8) is 0 Å². The third-order valence-electron chi connectivity index (χ3n) is 2.69. The van der Waals surface area contributed by atoms with E-state index in [0.29, 0.717) is 0 Å². The molecule has 0 aromatic carbocycles. The average molecular weight is 158 g/mol. The van der Waals surface area contributed by atoms with E-state index in [0.717, 1.165) is 5.54 Å². The molecule has 2 aliphatic rings. The fourth-order valence-corrected chi connectivity index (χ4v) is 2.89. The number of hydrogen-bond acceptors (Lipinski definition) is 0. The van der Waals surface area contributed by atoms with E-state index in [9.17, 15) is 0 Å². The summed E-state index contributed by atoms with van der Waals surface area (Å²) in [6.07, 6.45) is 10.4. The van der Waals surface area contributed by atoms with Gasteiger partial charge in [0.15, 0.2) is 0 Å². The van der Waals surface area contributed by atoms with Crippen molar-refractivity contribution in [3.05, 3.63) is 23.3 Å². The summed E-state index contributed by atoms with van der Waals surface area (Å²) in [4.78, 5) is 0. The van der Waals surface area contributed by atoms with Gasteiger partial charge in [0.2, 0.25) is 0 Å². The van der Waals surface area contributed by atoms with Crippen molar-refractivity contribution < 1.29 is 20.3 Å². The molecule has 2 aliphatic carbocycles. The Kier molecular flexibility index (Phi) is 3.24. The van der Waals surface area contributed by atoms with Crippen LogP contribution in [0.15, 0.2) is 23.3 Å². The van der Waals surface area contributed by atoms with E-state index in [-0.39, 0.29) is 20.3 Å². The predicted octanol–water partition coefficient (Wildman–Crippen LogP) is -1.30. The summed E-state index contributed by atoms with van der Waals surface area (Å²) in [6.45, 7) is 0. The zero-order chi connectivity index (χ0) is 6.97. The molecule has 0 aromatic heterocycles. The van der Waals surface area contributed by atoms with Crippen LogP contribution in [0.1, 0.15) is 27.1 Å². The van der Waals surface area contributed by atoms with Gasteiger partial charge < -0.3 is 1.43 Å². The molecule has 0 aromatic rings. The summed E-state index contributed by atoms with van der Waals surface area (Å²) >= 11 is 0. The molecule has 11 heavy (non-hydrogen) atoms. The molecule has 0 fully saturated rings. The van der Waals surface area contributed by atoms with Gasteiger partial charge >= 0.3 is 18.9 Å². The third-order valence-corrected chi connectivity index (χ3v) is 3.77. The largest absolute Gasteiger partial charge is 1.00 e. The van der Waals surface area contributed by atoms with Crippen molar-refractivity contribution >= 4 is 10.2 Å². The van der Waals surface area contributed by atoms with Gasteiger partial charge in [-0.05, 0) is 36.8 Å². The van der Waals surface area contributed by atoms with Crippen LogP contribution in [0.3, 0.4) is 0 Å². The quantitative estimate of drug-likeness (QED) is 0.384. The molecule has 2 heteroatoms.